The van der Waals surface area contributed by atoms with Gasteiger partial charge in [0, 0.05) is 27.5 Å². The molecule has 5 heteroatoms. The van der Waals surface area contributed by atoms with Gasteiger partial charge in [-0.15, -0.1) is 11.3 Å². The quantitative estimate of drug-likeness (QED) is 0.638. The van der Waals surface area contributed by atoms with Crippen LogP contribution in [0.15, 0.2) is 34.3 Å². The van der Waals surface area contributed by atoms with Gasteiger partial charge in [-0.3, -0.25) is 9.48 Å². The minimum Gasteiger partial charge on any atom is -0.287 e. The largest absolute Gasteiger partial charge is 0.287 e. The van der Waals surface area contributed by atoms with E-state index in [2.05, 4.69) is 21.0 Å². The molecule has 2 rings (SSSR count). The summed E-state index contributed by atoms with van der Waals surface area (Å²) in [6.45, 7) is 2.76. The third-order valence-corrected chi connectivity index (χ3v) is 3.86. The van der Waals surface area contributed by atoms with Gasteiger partial charge in [-0.2, -0.15) is 5.10 Å². The van der Waals surface area contributed by atoms with E-state index in [1.165, 1.54) is 0 Å². The van der Waals surface area contributed by atoms with Gasteiger partial charge in [0.05, 0.1) is 0 Å². The normalized spacial score (nSPS) is 11.2. The number of thiophene rings is 1. The van der Waals surface area contributed by atoms with Gasteiger partial charge in [-0.1, -0.05) is 0 Å². The van der Waals surface area contributed by atoms with Gasteiger partial charge < -0.3 is 0 Å². The average Bonchev–Trinajstić information content (AvgIpc) is 2.94. The molecule has 0 saturated carbocycles. The smallest absolute Gasteiger partial charge is 0.206 e. The van der Waals surface area contributed by atoms with Crippen molar-refractivity contribution in [1.29, 1.82) is 0 Å². The Labute approximate surface area is 112 Å². The predicted molar refractivity (Wildman–Crippen MR) is 73.3 cm³/mol. The van der Waals surface area contributed by atoms with Gasteiger partial charge in [-0.25, -0.2) is 0 Å². The van der Waals surface area contributed by atoms with Crippen LogP contribution in [0.4, 0.5) is 0 Å². The van der Waals surface area contributed by atoms with Crippen molar-refractivity contribution in [1.82, 2.24) is 9.78 Å². The van der Waals surface area contributed by atoms with Crippen LogP contribution in [-0.2, 0) is 6.54 Å². The Morgan fingerprint density at radius 1 is 1.65 bits per heavy atom. The van der Waals surface area contributed by atoms with Crippen LogP contribution in [-0.4, -0.2) is 15.6 Å². The Kier molecular flexibility index (Phi) is 3.91. The summed E-state index contributed by atoms with van der Waals surface area (Å²) in [4.78, 5) is 12.8. The number of aromatic nitrogens is 2. The summed E-state index contributed by atoms with van der Waals surface area (Å²) < 4.78 is 2.77. The van der Waals surface area contributed by atoms with Crippen LogP contribution >= 0.6 is 27.3 Å². The fraction of sp³-hybridized carbons (Fsp3) is 0.167. The number of halogens is 1. The summed E-state index contributed by atoms with van der Waals surface area (Å²) in [7, 11) is 0. The van der Waals surface area contributed by atoms with E-state index in [0.29, 0.717) is 5.69 Å². The van der Waals surface area contributed by atoms with Crippen molar-refractivity contribution in [2.45, 2.75) is 13.5 Å². The number of carbonyl (C=O) groups excluding carboxylic acids is 1. The molecular weight excluding hydrogens is 300 g/mol. The monoisotopic (exact) mass is 310 g/mol. The van der Waals surface area contributed by atoms with E-state index in [0.717, 1.165) is 15.9 Å². The Morgan fingerprint density at radius 2 is 2.47 bits per heavy atom. The van der Waals surface area contributed by atoms with Gasteiger partial charge in [0.2, 0.25) is 5.78 Å². The number of aryl methyl sites for hydroxylation is 1. The number of rotatable bonds is 4. The maximum Gasteiger partial charge on any atom is 0.206 e. The van der Waals surface area contributed by atoms with Crippen LogP contribution in [0.25, 0.3) is 6.08 Å². The molecule has 17 heavy (non-hydrogen) atoms. The molecule has 0 spiro atoms. The Hall–Kier alpha value is -1.20. The lowest BCUT2D eigenvalue weighted by atomic mass is 10.2. The first kappa shape index (κ1) is 12.3. The van der Waals surface area contributed by atoms with E-state index in [1.54, 1.807) is 28.2 Å². The van der Waals surface area contributed by atoms with Gasteiger partial charge in [-0.05, 0) is 47.1 Å². The zero-order valence-corrected chi connectivity index (χ0v) is 11.7. The number of carbonyl (C=O) groups is 1. The Balaban J connectivity index is 2.08. The average molecular weight is 311 g/mol. The molecule has 0 atom stereocenters. The number of hydrogen-bond donors (Lipinski definition) is 0. The zero-order chi connectivity index (χ0) is 12.3. The van der Waals surface area contributed by atoms with Crippen molar-refractivity contribution in [3.63, 3.8) is 0 Å². The van der Waals surface area contributed by atoms with E-state index in [-0.39, 0.29) is 5.78 Å². The van der Waals surface area contributed by atoms with E-state index in [9.17, 15) is 4.79 Å². The van der Waals surface area contributed by atoms with Gasteiger partial charge >= 0.3 is 0 Å². The Morgan fingerprint density at radius 3 is 3.06 bits per heavy atom. The highest BCUT2D eigenvalue weighted by Gasteiger charge is 2.05. The predicted octanol–water partition coefficient (Wildman–Crippen LogP) is 3.62. The molecule has 0 bridgehead atoms. The molecule has 3 nitrogen and oxygen atoms in total. The molecule has 0 unspecified atom stereocenters. The summed E-state index contributed by atoms with van der Waals surface area (Å²) in [6, 6.07) is 3.71. The van der Waals surface area contributed by atoms with E-state index in [1.807, 2.05) is 30.6 Å². The van der Waals surface area contributed by atoms with Crippen LogP contribution in [0.1, 0.15) is 22.3 Å². The fourth-order valence-corrected chi connectivity index (χ4v) is 2.66. The molecule has 0 aliphatic carbocycles. The Bertz CT molecular complexity index is 556. The van der Waals surface area contributed by atoms with E-state index in [4.69, 9.17) is 0 Å². The van der Waals surface area contributed by atoms with Gasteiger partial charge in [0.15, 0.2) is 0 Å². The molecule has 2 aromatic heterocycles. The zero-order valence-electron chi connectivity index (χ0n) is 9.26. The SMILES string of the molecule is CCn1ccc(C(=O)/C=C/c2cc(Br)cs2)n1. The lowest BCUT2D eigenvalue weighted by Gasteiger charge is -1.91. The van der Waals surface area contributed by atoms with Crippen LogP contribution in [0.3, 0.4) is 0 Å². The highest BCUT2D eigenvalue weighted by atomic mass is 79.9. The molecule has 0 aromatic carbocycles. The first-order valence-corrected chi connectivity index (χ1v) is 6.86. The van der Waals surface area contributed by atoms with E-state index < -0.39 is 0 Å². The molecule has 0 amide bonds. The van der Waals surface area contributed by atoms with E-state index >= 15 is 0 Å². The number of allylic oxidation sites excluding steroid dienone is 1. The molecule has 0 N–H and O–H groups in total. The van der Waals surface area contributed by atoms with Crippen LogP contribution in [0, 0.1) is 0 Å². The molecule has 0 fully saturated rings. The van der Waals surface area contributed by atoms with Crippen molar-refractivity contribution < 1.29 is 4.79 Å². The summed E-state index contributed by atoms with van der Waals surface area (Å²) in [5.74, 6) is -0.0678. The van der Waals surface area contributed by atoms with Crippen molar-refractivity contribution in [3.8, 4) is 0 Å². The maximum atomic E-state index is 11.8. The third kappa shape index (κ3) is 3.14. The first-order valence-electron chi connectivity index (χ1n) is 5.19. The number of nitrogens with zero attached hydrogens (tertiary/aromatic N) is 2. The topological polar surface area (TPSA) is 34.9 Å². The summed E-state index contributed by atoms with van der Waals surface area (Å²) in [6.07, 6.45) is 5.17. The molecule has 88 valence electrons. The minimum atomic E-state index is -0.0678. The molecule has 0 aliphatic rings. The summed E-state index contributed by atoms with van der Waals surface area (Å²) in [5.41, 5.74) is 0.485. The van der Waals surface area contributed by atoms with Crippen LogP contribution < -0.4 is 0 Å². The fourth-order valence-electron chi connectivity index (χ4n) is 1.33. The van der Waals surface area contributed by atoms with Crippen molar-refractivity contribution in [2.75, 3.05) is 0 Å². The van der Waals surface area contributed by atoms with Crippen LogP contribution in [0.2, 0.25) is 0 Å². The summed E-state index contributed by atoms with van der Waals surface area (Å²) in [5, 5.41) is 6.14. The van der Waals surface area contributed by atoms with Crippen molar-refractivity contribution in [2.24, 2.45) is 0 Å². The molecule has 0 saturated heterocycles. The summed E-state index contributed by atoms with van der Waals surface area (Å²) >= 11 is 4.96. The highest BCUT2D eigenvalue weighted by molar-refractivity contribution is 9.10. The highest BCUT2D eigenvalue weighted by Crippen LogP contribution is 2.20. The lowest BCUT2D eigenvalue weighted by molar-refractivity contribution is 0.104. The first-order chi connectivity index (χ1) is 8.19. The second-order valence-corrected chi connectivity index (χ2v) is 5.28. The lowest BCUT2D eigenvalue weighted by Crippen LogP contribution is -1.99. The maximum absolute atomic E-state index is 11.8. The number of ketones is 1. The molecule has 2 heterocycles. The molecule has 0 radical (unpaired) electrons. The number of hydrogen-bond acceptors (Lipinski definition) is 3. The second-order valence-electron chi connectivity index (χ2n) is 3.42. The van der Waals surface area contributed by atoms with Crippen LogP contribution in [0.5, 0.6) is 0 Å². The van der Waals surface area contributed by atoms with Crippen molar-refractivity contribution in [3.05, 3.63) is 44.8 Å². The standard InChI is InChI=1S/C12H11BrN2OS/c1-2-15-6-5-11(14-15)12(16)4-3-10-7-9(13)8-17-10/h3-8H,2H2,1H3/b4-3+. The second kappa shape index (κ2) is 5.42. The molecule has 2 aromatic rings. The van der Waals surface area contributed by atoms with Gasteiger partial charge in [0.1, 0.15) is 5.69 Å². The van der Waals surface area contributed by atoms with Gasteiger partial charge in [0.25, 0.3) is 0 Å². The van der Waals surface area contributed by atoms with Crippen molar-refractivity contribution >= 4 is 39.1 Å². The third-order valence-electron chi connectivity index (χ3n) is 2.20. The molecular formula is C12H11BrN2OS. The minimum absolute atomic E-state index is 0.0678. The molecule has 0 aliphatic heterocycles.